The third kappa shape index (κ3) is 5.04. The SMILES string of the molecule is C1=CC2=CC(C3C=C4C=CC=C[C-]4[Ge]([c]4ccccc4)([c]4ccccc4)[c]4ccccc43)c3cccc[c]3[Ge]([c]3ccccc3)([c]3ccccc3)[C-]2C=C1. The predicted octanol–water partition coefficient (Wildman–Crippen LogP) is 7.85. The van der Waals surface area contributed by atoms with Crippen molar-refractivity contribution in [1.29, 1.82) is 0 Å². The van der Waals surface area contributed by atoms with E-state index in [1.807, 2.05) is 0 Å². The van der Waals surface area contributed by atoms with Crippen LogP contribution in [-0.4, -0.2) is 26.5 Å². The molecule has 0 saturated heterocycles. The van der Waals surface area contributed by atoms with E-state index in [4.69, 9.17) is 0 Å². The van der Waals surface area contributed by atoms with Gasteiger partial charge in [-0.1, -0.05) is 0 Å². The summed E-state index contributed by atoms with van der Waals surface area (Å²) in [4.78, 5) is 0. The number of rotatable bonds is 5. The first kappa shape index (κ1) is 33.2. The molecule has 2 heterocycles. The summed E-state index contributed by atoms with van der Waals surface area (Å²) in [6.45, 7) is 0. The number of hydrogen-bond acceptors (Lipinski definition) is 0. The Balaban J connectivity index is 1.30. The molecule has 2 atom stereocenters. The van der Waals surface area contributed by atoms with Crippen molar-refractivity contribution < 1.29 is 0 Å². The summed E-state index contributed by atoms with van der Waals surface area (Å²) in [6, 6.07) is 64.9. The fourth-order valence-electron chi connectivity index (χ4n) is 10.0. The van der Waals surface area contributed by atoms with Gasteiger partial charge in [-0.15, -0.1) is 0 Å². The summed E-state index contributed by atoms with van der Waals surface area (Å²) < 4.78 is 11.9. The molecule has 2 aliphatic carbocycles. The summed E-state index contributed by atoms with van der Waals surface area (Å²) in [5, 5.41) is 0. The second-order valence-corrected chi connectivity index (χ2v) is 30.4. The van der Waals surface area contributed by atoms with E-state index >= 15 is 0 Å². The van der Waals surface area contributed by atoms with Crippen LogP contribution in [0.1, 0.15) is 23.0 Å². The molecule has 0 bridgehead atoms. The average molecular weight is 810 g/mol. The molecule has 2 aliphatic heterocycles. The van der Waals surface area contributed by atoms with Gasteiger partial charge in [0.2, 0.25) is 0 Å². The van der Waals surface area contributed by atoms with Gasteiger partial charge in [-0.3, -0.25) is 0 Å². The monoisotopic (exact) mass is 812 g/mol. The minimum absolute atomic E-state index is 0.112. The Labute approximate surface area is 325 Å². The van der Waals surface area contributed by atoms with Crippen LogP contribution in [-0.2, 0) is 0 Å². The standard InChI is InChI=1S/C52H40Ge2/c1-5-23-41(24-6-1)53(42-25-7-2-8-26-42)49-33-17-13-21-39(49)37-47(45-31-15-19-35-51(45)53)48-38-40-22-14-18-34-50(40)54(43-27-9-3-10-28-43,44-29-11-4-12-30-44)52-36-20-16-32-46(48)52/h1-38,47-48H/q-2. The van der Waals surface area contributed by atoms with Crippen molar-refractivity contribution in [3.63, 3.8) is 0 Å². The molecule has 258 valence electrons. The van der Waals surface area contributed by atoms with Crippen molar-refractivity contribution in [3.05, 3.63) is 262 Å². The Hall–Kier alpha value is -5.41. The first-order valence-electron chi connectivity index (χ1n) is 19.1. The van der Waals surface area contributed by atoms with Gasteiger partial charge in [0.25, 0.3) is 0 Å². The van der Waals surface area contributed by atoms with E-state index in [9.17, 15) is 0 Å². The van der Waals surface area contributed by atoms with Crippen molar-refractivity contribution in [2.24, 2.45) is 0 Å². The van der Waals surface area contributed by atoms with E-state index in [0.717, 1.165) is 0 Å². The van der Waals surface area contributed by atoms with E-state index in [2.05, 4.69) is 231 Å². The van der Waals surface area contributed by atoms with Gasteiger partial charge in [0.05, 0.1) is 0 Å². The maximum absolute atomic E-state index is 3.57. The molecule has 0 saturated carbocycles. The molecule has 0 radical (unpaired) electrons. The van der Waals surface area contributed by atoms with Gasteiger partial charge >= 0.3 is 327 Å². The third-order valence-electron chi connectivity index (χ3n) is 12.1. The van der Waals surface area contributed by atoms with Crippen LogP contribution >= 0.6 is 0 Å². The minimum atomic E-state index is -3.57. The van der Waals surface area contributed by atoms with E-state index in [1.54, 1.807) is 0 Å². The first-order valence-corrected chi connectivity index (χ1v) is 27.5. The third-order valence-corrected chi connectivity index (χ3v) is 32.8. The van der Waals surface area contributed by atoms with Crippen LogP contribution in [0.15, 0.2) is 242 Å². The summed E-state index contributed by atoms with van der Waals surface area (Å²) >= 11 is -7.13. The first-order chi connectivity index (χ1) is 26.8. The fourth-order valence-corrected chi connectivity index (χ4v) is 31.9. The van der Waals surface area contributed by atoms with Gasteiger partial charge in [-0.25, -0.2) is 0 Å². The quantitative estimate of drug-likeness (QED) is 0.123. The molecule has 0 spiro atoms. The van der Waals surface area contributed by atoms with E-state index in [1.165, 1.54) is 58.1 Å². The summed E-state index contributed by atoms with van der Waals surface area (Å²) in [7, 11) is 0. The van der Waals surface area contributed by atoms with Crippen LogP contribution in [0.25, 0.3) is 0 Å². The molecule has 6 aromatic rings. The second kappa shape index (κ2) is 13.8. The number of allylic oxidation sites excluding steroid dienone is 12. The summed E-state index contributed by atoms with van der Waals surface area (Å²) in [6.07, 6.45) is 24.0. The van der Waals surface area contributed by atoms with Gasteiger partial charge in [0, 0.05) is 0 Å². The molecule has 6 aromatic carbocycles. The van der Waals surface area contributed by atoms with Gasteiger partial charge in [0.1, 0.15) is 0 Å². The van der Waals surface area contributed by atoms with E-state index in [0.29, 0.717) is 0 Å². The Morgan fingerprint density at radius 2 is 0.648 bits per heavy atom. The molecule has 2 heteroatoms. The molecule has 54 heavy (non-hydrogen) atoms. The number of hydrogen-bond donors (Lipinski definition) is 0. The van der Waals surface area contributed by atoms with Crippen LogP contribution in [0, 0.1) is 9.50 Å². The topological polar surface area (TPSA) is 0 Å². The maximum atomic E-state index is 2.65. The number of benzene rings is 6. The van der Waals surface area contributed by atoms with Crippen LogP contribution < -0.4 is 26.4 Å². The zero-order valence-electron chi connectivity index (χ0n) is 30.1. The molecule has 0 N–H and O–H groups in total. The molecular weight excluding hydrogens is 770 g/mol. The molecule has 10 rings (SSSR count). The van der Waals surface area contributed by atoms with Crippen LogP contribution in [0.5, 0.6) is 0 Å². The molecular formula is C52H40Ge2-2. The van der Waals surface area contributed by atoms with Crippen LogP contribution in [0.2, 0.25) is 0 Å². The van der Waals surface area contributed by atoms with Crippen molar-refractivity contribution in [3.8, 4) is 0 Å². The van der Waals surface area contributed by atoms with Crippen molar-refractivity contribution in [1.82, 2.24) is 0 Å². The molecule has 0 fully saturated rings. The predicted molar refractivity (Wildman–Crippen MR) is 233 cm³/mol. The molecule has 4 aliphatic rings. The molecule has 2 unspecified atom stereocenters. The van der Waals surface area contributed by atoms with Crippen molar-refractivity contribution >= 4 is 52.9 Å². The van der Waals surface area contributed by atoms with Gasteiger partial charge in [-0.2, -0.15) is 0 Å². The normalized spacial score (nSPS) is 20.0. The van der Waals surface area contributed by atoms with E-state index in [-0.39, 0.29) is 11.8 Å². The zero-order chi connectivity index (χ0) is 36.0. The summed E-state index contributed by atoms with van der Waals surface area (Å²) in [5.41, 5.74) is 5.64. The average Bonchev–Trinajstić information content (AvgIpc) is 3.47. The van der Waals surface area contributed by atoms with Crippen molar-refractivity contribution in [2.45, 2.75) is 11.8 Å². The van der Waals surface area contributed by atoms with E-state index < -0.39 is 26.5 Å². The van der Waals surface area contributed by atoms with Crippen LogP contribution in [0.4, 0.5) is 0 Å². The molecule has 0 nitrogen and oxygen atoms in total. The van der Waals surface area contributed by atoms with Gasteiger partial charge in [0.15, 0.2) is 0 Å². The molecule has 0 aromatic heterocycles. The Morgan fingerprint density at radius 3 is 1.00 bits per heavy atom. The number of fused-ring (bicyclic) bond motifs is 4. The zero-order valence-corrected chi connectivity index (χ0v) is 34.3. The Kier molecular flexibility index (Phi) is 8.46. The Morgan fingerprint density at radius 1 is 0.333 bits per heavy atom. The van der Waals surface area contributed by atoms with Gasteiger partial charge < -0.3 is 0 Å². The van der Waals surface area contributed by atoms with Gasteiger partial charge in [-0.05, 0) is 0 Å². The van der Waals surface area contributed by atoms with Crippen LogP contribution in [0.3, 0.4) is 0 Å². The molecule has 0 amide bonds. The summed E-state index contributed by atoms with van der Waals surface area (Å²) in [5.74, 6) is 0.224. The second-order valence-electron chi connectivity index (χ2n) is 14.7. The van der Waals surface area contributed by atoms with Crippen molar-refractivity contribution in [2.75, 3.05) is 0 Å². The Bertz CT molecular complexity index is 2250. The fraction of sp³-hybridized carbons (Fsp3) is 0.0385.